The zero-order valence-electron chi connectivity index (χ0n) is 16.3. The van der Waals surface area contributed by atoms with Gasteiger partial charge in [0.1, 0.15) is 17.1 Å². The van der Waals surface area contributed by atoms with Crippen LogP contribution in [0.25, 0.3) is 5.69 Å². The van der Waals surface area contributed by atoms with Gasteiger partial charge in [0.2, 0.25) is 0 Å². The van der Waals surface area contributed by atoms with Crippen LogP contribution in [0.1, 0.15) is 27.6 Å². The third-order valence-corrected chi connectivity index (χ3v) is 4.15. The van der Waals surface area contributed by atoms with Crippen molar-refractivity contribution in [3.05, 3.63) is 65.9 Å². The summed E-state index contributed by atoms with van der Waals surface area (Å²) in [4.78, 5) is 25.3. The molecule has 29 heavy (non-hydrogen) atoms. The predicted molar refractivity (Wildman–Crippen MR) is 107 cm³/mol. The molecule has 0 aliphatic heterocycles. The normalized spacial score (nSPS) is 10.3. The minimum absolute atomic E-state index is 0.150. The average Bonchev–Trinajstić information content (AvgIpc) is 3.17. The fraction of sp³-hybridized carbons (Fsp3) is 0.190. The zero-order chi connectivity index (χ0) is 20.8. The molecule has 2 aromatic carbocycles. The summed E-state index contributed by atoms with van der Waals surface area (Å²) in [5, 5.41) is 7.02. The minimum Gasteiger partial charge on any atom is -0.497 e. The van der Waals surface area contributed by atoms with Gasteiger partial charge >= 0.3 is 5.97 Å². The van der Waals surface area contributed by atoms with E-state index in [1.807, 2.05) is 30.3 Å². The van der Waals surface area contributed by atoms with Crippen LogP contribution < -0.4 is 14.8 Å². The first-order valence-corrected chi connectivity index (χ1v) is 8.93. The van der Waals surface area contributed by atoms with Crippen LogP contribution in [0.15, 0.2) is 54.7 Å². The summed E-state index contributed by atoms with van der Waals surface area (Å²) < 4.78 is 17.0. The van der Waals surface area contributed by atoms with E-state index in [0.29, 0.717) is 17.2 Å². The first-order valence-electron chi connectivity index (χ1n) is 8.93. The van der Waals surface area contributed by atoms with Gasteiger partial charge in [0.05, 0.1) is 38.3 Å². The maximum absolute atomic E-state index is 13.0. The molecule has 0 spiro atoms. The van der Waals surface area contributed by atoms with Crippen molar-refractivity contribution in [1.82, 2.24) is 9.78 Å². The van der Waals surface area contributed by atoms with Crippen molar-refractivity contribution in [3.63, 3.8) is 0 Å². The smallest absolute Gasteiger partial charge is 0.343 e. The molecule has 1 aromatic heterocycles. The van der Waals surface area contributed by atoms with Gasteiger partial charge in [0.15, 0.2) is 5.82 Å². The van der Waals surface area contributed by atoms with E-state index >= 15 is 0 Å². The lowest BCUT2D eigenvalue weighted by molar-refractivity contribution is 0.0527. The van der Waals surface area contributed by atoms with Crippen molar-refractivity contribution < 1.29 is 23.8 Å². The van der Waals surface area contributed by atoms with Crippen LogP contribution in [0.5, 0.6) is 11.5 Å². The van der Waals surface area contributed by atoms with Crippen LogP contribution in [0.2, 0.25) is 0 Å². The first kappa shape index (κ1) is 19.9. The Balaban J connectivity index is 2.02. The summed E-state index contributed by atoms with van der Waals surface area (Å²) in [6.07, 6.45) is 1.37. The molecule has 0 aliphatic rings. The zero-order valence-corrected chi connectivity index (χ0v) is 16.3. The van der Waals surface area contributed by atoms with Gasteiger partial charge in [-0.25, -0.2) is 9.48 Å². The minimum atomic E-state index is -0.577. The number of rotatable bonds is 7. The third-order valence-electron chi connectivity index (χ3n) is 4.15. The lowest BCUT2D eigenvalue weighted by atomic mass is 10.1. The van der Waals surface area contributed by atoms with Crippen molar-refractivity contribution in [2.75, 3.05) is 26.1 Å². The number of amides is 1. The molecular weight excluding hydrogens is 374 g/mol. The Morgan fingerprint density at radius 3 is 2.45 bits per heavy atom. The second-order valence-corrected chi connectivity index (χ2v) is 5.90. The van der Waals surface area contributed by atoms with Crippen LogP contribution in [-0.4, -0.2) is 42.5 Å². The molecule has 0 aliphatic carbocycles. The molecular formula is C21H21N3O5. The van der Waals surface area contributed by atoms with Crippen LogP contribution in [0.3, 0.4) is 0 Å². The van der Waals surface area contributed by atoms with Gasteiger partial charge in [-0.2, -0.15) is 5.10 Å². The number of benzene rings is 2. The van der Waals surface area contributed by atoms with Crippen molar-refractivity contribution in [3.8, 4) is 17.2 Å². The molecule has 0 saturated heterocycles. The summed E-state index contributed by atoms with van der Waals surface area (Å²) in [6, 6.07) is 14.0. The number of anilines is 1. The van der Waals surface area contributed by atoms with Gasteiger partial charge in [0, 0.05) is 6.07 Å². The van der Waals surface area contributed by atoms with Gasteiger partial charge in [-0.3, -0.25) is 4.79 Å². The monoisotopic (exact) mass is 395 g/mol. The molecule has 0 saturated carbocycles. The molecule has 1 heterocycles. The van der Waals surface area contributed by atoms with Crippen molar-refractivity contribution in [2.45, 2.75) is 6.92 Å². The van der Waals surface area contributed by atoms with Crippen molar-refractivity contribution >= 4 is 17.7 Å². The molecule has 0 fully saturated rings. The Bertz CT molecular complexity index is 1010. The third kappa shape index (κ3) is 4.21. The summed E-state index contributed by atoms with van der Waals surface area (Å²) in [6.45, 7) is 1.91. The van der Waals surface area contributed by atoms with Gasteiger partial charge in [-0.15, -0.1) is 0 Å². The van der Waals surface area contributed by atoms with E-state index in [1.54, 1.807) is 25.1 Å². The van der Waals surface area contributed by atoms with Crippen molar-refractivity contribution in [1.29, 1.82) is 0 Å². The highest BCUT2D eigenvalue weighted by Crippen LogP contribution is 2.27. The highest BCUT2D eigenvalue weighted by atomic mass is 16.5. The Kier molecular flexibility index (Phi) is 6.13. The number of nitrogens with zero attached hydrogens (tertiary/aromatic N) is 2. The molecule has 0 radical (unpaired) electrons. The number of methoxy groups -OCH3 is 2. The largest absolute Gasteiger partial charge is 0.497 e. The van der Waals surface area contributed by atoms with E-state index in [9.17, 15) is 9.59 Å². The number of carbonyl (C=O) groups excluding carboxylic acids is 2. The molecule has 1 amide bonds. The average molecular weight is 395 g/mol. The molecule has 0 unspecified atom stereocenters. The highest BCUT2D eigenvalue weighted by molar-refractivity contribution is 6.09. The Morgan fingerprint density at radius 2 is 1.79 bits per heavy atom. The number of hydrogen-bond acceptors (Lipinski definition) is 6. The second kappa shape index (κ2) is 8.92. The fourth-order valence-electron chi connectivity index (χ4n) is 2.75. The number of esters is 1. The van der Waals surface area contributed by atoms with E-state index < -0.39 is 11.9 Å². The SMILES string of the molecule is CCOC(=O)c1cnn(-c2ccccc2)c1NC(=O)c1ccc(OC)cc1OC. The molecule has 150 valence electrons. The maximum Gasteiger partial charge on any atom is 0.343 e. The number of hydrogen-bond donors (Lipinski definition) is 1. The molecule has 1 N–H and O–H groups in total. The molecule has 3 rings (SSSR count). The van der Waals surface area contributed by atoms with Gasteiger partial charge in [-0.1, -0.05) is 18.2 Å². The van der Waals surface area contributed by atoms with Crippen LogP contribution in [0, 0.1) is 0 Å². The predicted octanol–water partition coefficient (Wildman–Crippen LogP) is 3.32. The van der Waals surface area contributed by atoms with Gasteiger partial charge < -0.3 is 19.5 Å². The summed E-state index contributed by atoms with van der Waals surface area (Å²) in [7, 11) is 2.99. The second-order valence-electron chi connectivity index (χ2n) is 5.90. The van der Waals surface area contributed by atoms with E-state index in [-0.39, 0.29) is 23.6 Å². The van der Waals surface area contributed by atoms with Gasteiger partial charge in [0.25, 0.3) is 5.91 Å². The van der Waals surface area contributed by atoms with E-state index in [1.165, 1.54) is 25.1 Å². The Morgan fingerprint density at radius 1 is 1.03 bits per heavy atom. The highest BCUT2D eigenvalue weighted by Gasteiger charge is 2.23. The maximum atomic E-state index is 13.0. The molecule has 0 atom stereocenters. The fourth-order valence-corrected chi connectivity index (χ4v) is 2.75. The number of para-hydroxylation sites is 1. The van der Waals surface area contributed by atoms with Crippen LogP contribution >= 0.6 is 0 Å². The number of nitrogens with one attached hydrogen (secondary N) is 1. The lowest BCUT2D eigenvalue weighted by Gasteiger charge is -2.13. The summed E-state index contributed by atoms with van der Waals surface area (Å²) in [5.74, 6) is 0.0576. The molecule has 8 heteroatoms. The number of carbonyl (C=O) groups is 2. The van der Waals surface area contributed by atoms with Crippen molar-refractivity contribution in [2.24, 2.45) is 0 Å². The van der Waals surface area contributed by atoms with E-state index in [4.69, 9.17) is 14.2 Å². The summed E-state index contributed by atoms with van der Waals surface area (Å²) >= 11 is 0. The van der Waals surface area contributed by atoms with E-state index in [2.05, 4.69) is 10.4 Å². The first-order chi connectivity index (χ1) is 14.1. The Hall–Kier alpha value is -3.81. The molecule has 3 aromatic rings. The Labute approximate surface area is 168 Å². The number of aromatic nitrogens is 2. The van der Waals surface area contributed by atoms with E-state index in [0.717, 1.165) is 0 Å². The standard InChI is InChI=1S/C21H21N3O5/c1-4-29-21(26)17-13-22-24(14-8-6-5-7-9-14)19(17)23-20(25)16-11-10-15(27-2)12-18(16)28-3/h5-13H,4H2,1-3H3,(H,23,25). The van der Waals surface area contributed by atoms with Crippen LogP contribution in [0.4, 0.5) is 5.82 Å². The molecule has 0 bridgehead atoms. The molecule has 8 nitrogen and oxygen atoms in total. The van der Waals surface area contributed by atoms with Gasteiger partial charge in [-0.05, 0) is 31.2 Å². The quantitative estimate of drug-likeness (QED) is 0.617. The van der Waals surface area contributed by atoms with Crippen LogP contribution in [-0.2, 0) is 4.74 Å². The summed E-state index contributed by atoms with van der Waals surface area (Å²) in [5.41, 5.74) is 1.11. The lowest BCUT2D eigenvalue weighted by Crippen LogP contribution is -2.18. The topological polar surface area (TPSA) is 91.7 Å². The number of ether oxygens (including phenoxy) is 3.